The Morgan fingerprint density at radius 1 is 1.20 bits per heavy atom. The number of nitrogens with one attached hydrogen (secondary N) is 1. The van der Waals surface area contributed by atoms with Gasteiger partial charge in [0, 0.05) is 36.6 Å². The number of rotatable bonds is 5. The van der Waals surface area contributed by atoms with E-state index in [0.29, 0.717) is 29.5 Å². The quantitative estimate of drug-likeness (QED) is 0.760. The largest absolute Gasteiger partial charge is 0.396 e. The average Bonchev–Trinajstić information content (AvgIpc) is 2.95. The Kier molecular flexibility index (Phi) is 4.49. The van der Waals surface area contributed by atoms with Gasteiger partial charge in [-0.3, -0.25) is 0 Å². The van der Waals surface area contributed by atoms with Crippen LogP contribution in [-0.2, 0) is 4.74 Å². The highest BCUT2D eigenvalue weighted by Crippen LogP contribution is 2.53. The van der Waals surface area contributed by atoms with Crippen LogP contribution in [-0.4, -0.2) is 36.5 Å². The summed E-state index contributed by atoms with van der Waals surface area (Å²) in [5.41, 5.74) is 0.402. The first kappa shape index (κ1) is 14.6. The molecule has 3 aliphatic carbocycles. The highest BCUT2D eigenvalue weighted by atomic mass is 16.5. The lowest BCUT2D eigenvalue weighted by Gasteiger charge is -2.58. The smallest absolute Gasteiger partial charge is 0.0661 e. The Labute approximate surface area is 122 Å². The molecular formula is C17H29NO2. The molecule has 0 heterocycles. The minimum atomic E-state index is 0.284. The van der Waals surface area contributed by atoms with Gasteiger partial charge in [-0.25, -0.2) is 0 Å². The third-order valence-corrected chi connectivity index (χ3v) is 5.76. The van der Waals surface area contributed by atoms with Crippen molar-refractivity contribution in [2.75, 3.05) is 13.2 Å². The van der Waals surface area contributed by atoms with Crippen LogP contribution in [0.1, 0.15) is 51.9 Å². The fourth-order valence-electron chi connectivity index (χ4n) is 4.59. The molecule has 3 heteroatoms. The van der Waals surface area contributed by atoms with Gasteiger partial charge in [0.15, 0.2) is 0 Å². The van der Waals surface area contributed by atoms with Crippen molar-refractivity contribution in [1.82, 2.24) is 5.32 Å². The molecule has 3 rings (SSSR count). The molecule has 2 saturated carbocycles. The number of hydrogen-bond acceptors (Lipinski definition) is 3. The van der Waals surface area contributed by atoms with Crippen LogP contribution in [0, 0.1) is 11.3 Å². The molecule has 20 heavy (non-hydrogen) atoms. The van der Waals surface area contributed by atoms with Crippen LogP contribution in [0.4, 0.5) is 0 Å². The van der Waals surface area contributed by atoms with E-state index >= 15 is 0 Å². The lowest BCUT2D eigenvalue weighted by Crippen LogP contribution is -2.65. The number of ether oxygens (including phenoxy) is 1. The molecule has 2 N–H and O–H groups in total. The minimum absolute atomic E-state index is 0.284. The molecule has 0 saturated heterocycles. The first-order chi connectivity index (χ1) is 9.78. The zero-order valence-corrected chi connectivity index (χ0v) is 12.7. The molecule has 0 aromatic carbocycles. The summed E-state index contributed by atoms with van der Waals surface area (Å²) in [6.45, 7) is 3.24. The Hall–Kier alpha value is -0.380. The van der Waals surface area contributed by atoms with Crippen molar-refractivity contribution >= 4 is 0 Å². The molecule has 0 unspecified atom stereocenters. The molecule has 3 aliphatic rings. The molecule has 4 atom stereocenters. The molecule has 0 aromatic rings. The normalized spacial score (nSPS) is 39.1. The first-order valence-electron chi connectivity index (χ1n) is 8.45. The molecule has 1 spiro atoms. The van der Waals surface area contributed by atoms with E-state index in [4.69, 9.17) is 4.74 Å². The van der Waals surface area contributed by atoms with Gasteiger partial charge in [-0.2, -0.15) is 0 Å². The molecular weight excluding hydrogens is 250 g/mol. The van der Waals surface area contributed by atoms with Crippen molar-refractivity contribution in [2.24, 2.45) is 11.3 Å². The highest BCUT2D eigenvalue weighted by Gasteiger charge is 2.55. The van der Waals surface area contributed by atoms with Crippen LogP contribution < -0.4 is 5.32 Å². The van der Waals surface area contributed by atoms with E-state index in [1.807, 2.05) is 0 Å². The fourth-order valence-corrected chi connectivity index (χ4v) is 4.59. The maximum absolute atomic E-state index is 9.24. The van der Waals surface area contributed by atoms with Crippen LogP contribution in [0.5, 0.6) is 0 Å². The summed E-state index contributed by atoms with van der Waals surface area (Å²) < 4.78 is 6.01. The van der Waals surface area contributed by atoms with E-state index in [1.165, 1.54) is 38.5 Å². The van der Waals surface area contributed by atoms with Crippen molar-refractivity contribution in [2.45, 2.75) is 70.1 Å². The Bertz CT molecular complexity index is 349. The zero-order chi connectivity index (χ0) is 14.0. The fraction of sp³-hybridized carbons (Fsp3) is 0.882. The zero-order valence-electron chi connectivity index (χ0n) is 12.7. The maximum atomic E-state index is 9.24. The molecule has 0 amide bonds. The van der Waals surface area contributed by atoms with Crippen molar-refractivity contribution in [3.05, 3.63) is 12.2 Å². The van der Waals surface area contributed by atoms with Crippen molar-refractivity contribution < 1.29 is 9.84 Å². The molecule has 0 radical (unpaired) electrons. The highest BCUT2D eigenvalue weighted by molar-refractivity contribution is 5.13. The molecule has 3 nitrogen and oxygen atoms in total. The summed E-state index contributed by atoms with van der Waals surface area (Å²) in [7, 11) is 0. The number of aliphatic hydroxyl groups excluding tert-OH is 1. The molecule has 0 aliphatic heterocycles. The Morgan fingerprint density at radius 3 is 2.65 bits per heavy atom. The SMILES string of the molecule is CCO[C@H]1C[C@@H](N[C@@H]2C=C[C@H](CO)C2)C12CCCCC2. The Balaban J connectivity index is 1.60. The summed E-state index contributed by atoms with van der Waals surface area (Å²) in [6.07, 6.45) is 13.9. The van der Waals surface area contributed by atoms with Crippen molar-refractivity contribution in [3.8, 4) is 0 Å². The third-order valence-electron chi connectivity index (χ3n) is 5.76. The second-order valence-corrected chi connectivity index (χ2v) is 6.86. The van der Waals surface area contributed by atoms with Gasteiger partial charge in [-0.1, -0.05) is 31.4 Å². The summed E-state index contributed by atoms with van der Waals surface area (Å²) in [6, 6.07) is 1.07. The summed E-state index contributed by atoms with van der Waals surface area (Å²) in [5.74, 6) is 0.359. The molecule has 114 valence electrons. The van der Waals surface area contributed by atoms with E-state index in [2.05, 4.69) is 24.4 Å². The van der Waals surface area contributed by atoms with E-state index in [9.17, 15) is 5.11 Å². The Morgan fingerprint density at radius 2 is 2.00 bits per heavy atom. The van der Waals surface area contributed by atoms with E-state index in [1.54, 1.807) is 0 Å². The maximum Gasteiger partial charge on any atom is 0.0661 e. The van der Waals surface area contributed by atoms with Crippen molar-refractivity contribution in [3.63, 3.8) is 0 Å². The molecule has 0 aromatic heterocycles. The number of hydrogen-bond donors (Lipinski definition) is 2. The minimum Gasteiger partial charge on any atom is -0.396 e. The standard InChI is InChI=1S/C17H29NO2/c1-2-20-16-11-15(17(16)8-4-3-5-9-17)18-14-7-6-13(10-14)12-19/h6-7,13-16,18-19H,2-5,8-12H2,1H3/t13-,14+,15+,16-/m0/s1. The second-order valence-electron chi connectivity index (χ2n) is 6.86. The van der Waals surface area contributed by atoms with Gasteiger partial charge >= 0.3 is 0 Å². The van der Waals surface area contributed by atoms with Gasteiger partial charge in [0.2, 0.25) is 0 Å². The van der Waals surface area contributed by atoms with Crippen molar-refractivity contribution in [1.29, 1.82) is 0 Å². The van der Waals surface area contributed by atoms with Gasteiger partial charge in [-0.15, -0.1) is 0 Å². The van der Waals surface area contributed by atoms with Gasteiger partial charge in [0.1, 0.15) is 0 Å². The summed E-state index contributed by atoms with van der Waals surface area (Å²) in [5, 5.41) is 13.1. The van der Waals surface area contributed by atoms with E-state index < -0.39 is 0 Å². The van der Waals surface area contributed by atoms with E-state index in [-0.39, 0.29) is 6.61 Å². The second kappa shape index (κ2) is 6.17. The topological polar surface area (TPSA) is 41.5 Å². The summed E-state index contributed by atoms with van der Waals surface area (Å²) in [4.78, 5) is 0. The van der Waals surface area contributed by atoms with Gasteiger partial charge in [0.05, 0.1) is 6.10 Å². The van der Waals surface area contributed by atoms with Gasteiger partial charge < -0.3 is 15.2 Å². The number of aliphatic hydroxyl groups is 1. The summed E-state index contributed by atoms with van der Waals surface area (Å²) >= 11 is 0. The lowest BCUT2D eigenvalue weighted by atomic mass is 9.55. The molecule has 0 bridgehead atoms. The van der Waals surface area contributed by atoms with Gasteiger partial charge in [0.25, 0.3) is 0 Å². The first-order valence-corrected chi connectivity index (χ1v) is 8.45. The van der Waals surface area contributed by atoms with Crippen LogP contribution in [0.15, 0.2) is 12.2 Å². The predicted molar refractivity (Wildman–Crippen MR) is 80.6 cm³/mol. The predicted octanol–water partition coefficient (Wildman–Crippen LogP) is 2.64. The van der Waals surface area contributed by atoms with Crippen LogP contribution in [0.2, 0.25) is 0 Å². The lowest BCUT2D eigenvalue weighted by molar-refractivity contribution is -0.151. The van der Waals surface area contributed by atoms with E-state index in [0.717, 1.165) is 13.0 Å². The average molecular weight is 279 g/mol. The molecule has 2 fully saturated rings. The monoisotopic (exact) mass is 279 g/mol. The van der Waals surface area contributed by atoms with Crippen LogP contribution >= 0.6 is 0 Å². The van der Waals surface area contributed by atoms with Gasteiger partial charge in [-0.05, 0) is 32.6 Å². The van der Waals surface area contributed by atoms with Crippen LogP contribution in [0.25, 0.3) is 0 Å². The third kappa shape index (κ3) is 2.56. The van der Waals surface area contributed by atoms with Crippen LogP contribution in [0.3, 0.4) is 0 Å².